The van der Waals surface area contributed by atoms with Crippen LogP contribution in [0.4, 0.5) is 13.2 Å². The van der Waals surface area contributed by atoms with E-state index in [0.717, 1.165) is 37.3 Å². The maximum atomic E-state index is 12.5. The Hall–Kier alpha value is -1.28. The Morgan fingerprint density at radius 3 is 2.54 bits per heavy atom. The van der Waals surface area contributed by atoms with E-state index in [1.165, 1.54) is 37.0 Å². The molecule has 5 nitrogen and oxygen atoms in total. The predicted octanol–water partition coefficient (Wildman–Crippen LogP) is 2.98. The molecule has 0 saturated carbocycles. The summed E-state index contributed by atoms with van der Waals surface area (Å²) in [7, 11) is 1.63. The Morgan fingerprint density at radius 1 is 1.12 bits per heavy atom. The largest absolute Gasteiger partial charge is 0.468 e. The lowest BCUT2D eigenvalue weighted by Gasteiger charge is -2.29. The number of aromatic nitrogens is 2. The summed E-state index contributed by atoms with van der Waals surface area (Å²) < 4.78 is 44.0. The second-order valence-corrected chi connectivity index (χ2v) is 7.65. The SMILES string of the molecule is Cc1nn(C)c(OCC(F)(F)F)c1CN1CCC(CN2CCCCC2)C1. The molecule has 3 rings (SSSR count). The fraction of sp³-hybridized carbons (Fsp3) is 0.833. The first kappa shape index (κ1) is 19.5. The zero-order valence-corrected chi connectivity index (χ0v) is 15.7. The first-order valence-corrected chi connectivity index (χ1v) is 9.48. The van der Waals surface area contributed by atoms with E-state index in [4.69, 9.17) is 4.74 Å². The third-order valence-corrected chi connectivity index (χ3v) is 5.38. The molecule has 0 amide bonds. The van der Waals surface area contributed by atoms with E-state index >= 15 is 0 Å². The van der Waals surface area contributed by atoms with E-state index in [-0.39, 0.29) is 5.88 Å². The Bertz CT molecular complexity index is 596. The molecule has 2 aliphatic heterocycles. The van der Waals surface area contributed by atoms with Gasteiger partial charge in [0.1, 0.15) is 0 Å². The average Bonchev–Trinajstić information content (AvgIpc) is 3.11. The topological polar surface area (TPSA) is 33.5 Å². The van der Waals surface area contributed by atoms with Gasteiger partial charge in [-0.05, 0) is 51.7 Å². The molecule has 8 heteroatoms. The quantitative estimate of drug-likeness (QED) is 0.767. The van der Waals surface area contributed by atoms with Crippen LogP contribution < -0.4 is 4.74 Å². The maximum Gasteiger partial charge on any atom is 0.422 e. The highest BCUT2D eigenvalue weighted by molar-refractivity contribution is 5.31. The molecule has 1 atom stereocenters. The van der Waals surface area contributed by atoms with E-state index < -0.39 is 12.8 Å². The van der Waals surface area contributed by atoms with Gasteiger partial charge in [-0.1, -0.05) is 6.42 Å². The summed E-state index contributed by atoms with van der Waals surface area (Å²) in [4.78, 5) is 4.88. The highest BCUT2D eigenvalue weighted by Crippen LogP contribution is 2.28. The highest BCUT2D eigenvalue weighted by atomic mass is 19.4. The van der Waals surface area contributed by atoms with Crippen LogP contribution in [0, 0.1) is 12.8 Å². The van der Waals surface area contributed by atoms with E-state index in [0.29, 0.717) is 12.5 Å². The first-order chi connectivity index (χ1) is 12.3. The lowest BCUT2D eigenvalue weighted by atomic mass is 10.1. The van der Waals surface area contributed by atoms with Gasteiger partial charge in [-0.2, -0.15) is 18.3 Å². The van der Waals surface area contributed by atoms with Crippen LogP contribution >= 0.6 is 0 Å². The van der Waals surface area contributed by atoms with Crippen molar-refractivity contribution in [2.24, 2.45) is 13.0 Å². The number of piperidine rings is 1. The number of nitrogens with zero attached hydrogens (tertiary/aromatic N) is 4. The number of rotatable bonds is 6. The number of aryl methyl sites for hydroxylation is 2. The van der Waals surface area contributed by atoms with Gasteiger partial charge in [0.2, 0.25) is 5.88 Å². The Morgan fingerprint density at radius 2 is 1.85 bits per heavy atom. The van der Waals surface area contributed by atoms with Crippen LogP contribution in [0.3, 0.4) is 0 Å². The van der Waals surface area contributed by atoms with Crippen LogP contribution in [-0.4, -0.2) is 65.1 Å². The predicted molar refractivity (Wildman–Crippen MR) is 93.2 cm³/mol. The smallest absolute Gasteiger partial charge is 0.422 e. The molecule has 0 aromatic carbocycles. The monoisotopic (exact) mass is 374 g/mol. The minimum atomic E-state index is -4.34. The van der Waals surface area contributed by atoms with Crippen molar-refractivity contribution >= 4 is 0 Å². The fourth-order valence-electron chi connectivity index (χ4n) is 4.13. The molecule has 2 fully saturated rings. The van der Waals surface area contributed by atoms with E-state index in [1.54, 1.807) is 7.05 Å². The van der Waals surface area contributed by atoms with Gasteiger partial charge >= 0.3 is 6.18 Å². The lowest BCUT2D eigenvalue weighted by Crippen LogP contribution is -2.35. The van der Waals surface area contributed by atoms with Gasteiger partial charge in [0.05, 0.1) is 11.3 Å². The normalized spacial score (nSPS) is 22.9. The molecule has 26 heavy (non-hydrogen) atoms. The summed E-state index contributed by atoms with van der Waals surface area (Å²) >= 11 is 0. The van der Waals surface area contributed by atoms with Gasteiger partial charge in [-0.25, -0.2) is 4.68 Å². The lowest BCUT2D eigenvalue weighted by molar-refractivity contribution is -0.154. The standard InChI is InChI=1S/C18H29F3N4O/c1-14-16(17(23(2)22-14)26-13-18(19,20)21)12-25-9-6-15(11-25)10-24-7-4-3-5-8-24/h15H,3-13H2,1-2H3. The van der Waals surface area contributed by atoms with E-state index in [1.807, 2.05) is 6.92 Å². The van der Waals surface area contributed by atoms with Gasteiger partial charge in [-0.3, -0.25) is 4.90 Å². The van der Waals surface area contributed by atoms with Crippen molar-refractivity contribution in [3.05, 3.63) is 11.3 Å². The molecule has 2 aliphatic rings. The van der Waals surface area contributed by atoms with Crippen LogP contribution in [-0.2, 0) is 13.6 Å². The van der Waals surface area contributed by atoms with Gasteiger partial charge in [0.15, 0.2) is 6.61 Å². The summed E-state index contributed by atoms with van der Waals surface area (Å²) in [6, 6.07) is 0. The molecule has 148 valence electrons. The van der Waals surface area contributed by atoms with Gasteiger partial charge in [0.25, 0.3) is 0 Å². The van der Waals surface area contributed by atoms with Crippen LogP contribution in [0.25, 0.3) is 0 Å². The number of hydrogen-bond acceptors (Lipinski definition) is 4. The minimum Gasteiger partial charge on any atom is -0.468 e. The Balaban J connectivity index is 1.57. The zero-order chi connectivity index (χ0) is 18.7. The van der Waals surface area contributed by atoms with E-state index in [2.05, 4.69) is 14.9 Å². The van der Waals surface area contributed by atoms with Gasteiger partial charge < -0.3 is 9.64 Å². The average molecular weight is 374 g/mol. The molecule has 0 bridgehead atoms. The molecule has 0 N–H and O–H groups in total. The van der Waals surface area contributed by atoms with Crippen LogP contribution in [0.15, 0.2) is 0 Å². The van der Waals surface area contributed by atoms with Crippen molar-refractivity contribution in [1.82, 2.24) is 19.6 Å². The van der Waals surface area contributed by atoms with Gasteiger partial charge in [-0.15, -0.1) is 0 Å². The molecule has 0 aliphatic carbocycles. The van der Waals surface area contributed by atoms with Crippen molar-refractivity contribution in [2.45, 2.75) is 45.3 Å². The molecule has 3 heterocycles. The molecule has 2 saturated heterocycles. The van der Waals surface area contributed by atoms with Crippen LogP contribution in [0.1, 0.15) is 36.9 Å². The second-order valence-electron chi connectivity index (χ2n) is 7.65. The molecule has 0 spiro atoms. The third-order valence-electron chi connectivity index (χ3n) is 5.38. The van der Waals surface area contributed by atoms with Crippen molar-refractivity contribution in [2.75, 3.05) is 39.3 Å². The van der Waals surface area contributed by atoms with Crippen molar-refractivity contribution in [3.63, 3.8) is 0 Å². The van der Waals surface area contributed by atoms with Gasteiger partial charge in [0, 0.05) is 26.7 Å². The molecule has 1 unspecified atom stereocenters. The van der Waals surface area contributed by atoms with Crippen molar-refractivity contribution in [1.29, 1.82) is 0 Å². The Kier molecular flexibility index (Phi) is 6.12. The molecular formula is C18H29F3N4O. The number of alkyl halides is 3. The molecule has 1 aromatic heterocycles. The maximum absolute atomic E-state index is 12.5. The van der Waals surface area contributed by atoms with Crippen molar-refractivity contribution < 1.29 is 17.9 Å². The summed E-state index contributed by atoms with van der Waals surface area (Å²) in [5.41, 5.74) is 1.51. The first-order valence-electron chi connectivity index (χ1n) is 9.48. The summed E-state index contributed by atoms with van der Waals surface area (Å²) in [6.45, 7) is 6.66. The fourth-order valence-corrected chi connectivity index (χ4v) is 4.13. The van der Waals surface area contributed by atoms with Crippen LogP contribution in [0.2, 0.25) is 0 Å². The summed E-state index contributed by atoms with van der Waals surface area (Å²) in [6.07, 6.45) is 0.738. The highest BCUT2D eigenvalue weighted by Gasteiger charge is 2.31. The molecule has 0 radical (unpaired) electrons. The third kappa shape index (κ3) is 5.13. The van der Waals surface area contributed by atoms with Crippen molar-refractivity contribution in [3.8, 4) is 5.88 Å². The second kappa shape index (κ2) is 8.17. The Labute approximate surface area is 153 Å². The minimum absolute atomic E-state index is 0.235. The number of likely N-dealkylation sites (tertiary alicyclic amines) is 2. The number of halogens is 3. The molecule has 1 aromatic rings. The van der Waals surface area contributed by atoms with Crippen LogP contribution in [0.5, 0.6) is 5.88 Å². The summed E-state index contributed by atoms with van der Waals surface area (Å²) in [5, 5.41) is 4.26. The number of ether oxygens (including phenoxy) is 1. The zero-order valence-electron chi connectivity index (χ0n) is 15.7. The summed E-state index contributed by atoms with van der Waals surface area (Å²) in [5.74, 6) is 0.879. The molecular weight excluding hydrogens is 345 g/mol. The van der Waals surface area contributed by atoms with E-state index in [9.17, 15) is 13.2 Å². The number of hydrogen-bond donors (Lipinski definition) is 0.